The maximum absolute atomic E-state index is 10.3. The first-order valence-corrected chi connectivity index (χ1v) is 17.2. The van der Waals surface area contributed by atoms with Crippen molar-refractivity contribution in [2.75, 3.05) is 13.2 Å². The number of nitriles is 2. The summed E-state index contributed by atoms with van der Waals surface area (Å²) in [6, 6.07) is 11.4. The minimum Gasteiger partial charge on any atom is -0.488 e. The summed E-state index contributed by atoms with van der Waals surface area (Å²) in [6.07, 6.45) is 24.8. The van der Waals surface area contributed by atoms with Gasteiger partial charge in [-0.25, -0.2) is 0 Å². The monoisotopic (exact) mass is 626 g/mol. The van der Waals surface area contributed by atoms with E-state index < -0.39 is 0 Å². The van der Waals surface area contributed by atoms with E-state index in [-0.39, 0.29) is 34.1 Å². The van der Waals surface area contributed by atoms with E-state index in [1.165, 1.54) is 64.2 Å². The van der Waals surface area contributed by atoms with Gasteiger partial charge < -0.3 is 18.9 Å². The predicted molar refractivity (Wildman–Crippen MR) is 181 cm³/mol. The molecule has 0 atom stereocenters. The fourth-order valence-electron chi connectivity index (χ4n) is 5.21. The van der Waals surface area contributed by atoms with Gasteiger partial charge in [-0.3, -0.25) is 9.97 Å². The molecule has 8 nitrogen and oxygen atoms in total. The summed E-state index contributed by atoms with van der Waals surface area (Å²) in [5.74, 6) is 1.50. The minimum atomic E-state index is 0.0606. The highest BCUT2D eigenvalue weighted by molar-refractivity contribution is 5.74. The summed E-state index contributed by atoms with van der Waals surface area (Å²) in [4.78, 5) is 8.36. The highest BCUT2D eigenvalue weighted by Gasteiger charge is 2.30. The predicted octanol–water partition coefficient (Wildman–Crippen LogP) is 10.8. The van der Waals surface area contributed by atoms with E-state index in [0.29, 0.717) is 24.7 Å². The smallest absolute Gasteiger partial charge is 0.217 e. The molecule has 3 rings (SSSR count). The molecule has 1 aromatic carbocycles. The topological polar surface area (TPSA) is 110 Å². The standard InChI is InChI=1S/C38H50N4O4/c1-3-5-7-9-11-13-15-17-25-43-35-33(27-39)34(28-40)36(44-26-18-16-14-12-10-8-6-4-2)38(46-32-22-20-24-42-30-32)37(35)45-31-21-19-23-41-29-31/h19-24,29-30H,3-18,25-26H2,1-2H3. The first-order valence-electron chi connectivity index (χ1n) is 17.2. The molecule has 0 spiro atoms. The van der Waals surface area contributed by atoms with Crippen molar-refractivity contribution in [2.24, 2.45) is 0 Å². The Morgan fingerprint density at radius 2 is 0.891 bits per heavy atom. The van der Waals surface area contributed by atoms with Crippen LogP contribution in [-0.2, 0) is 0 Å². The zero-order valence-corrected chi connectivity index (χ0v) is 27.8. The van der Waals surface area contributed by atoms with Gasteiger partial charge >= 0.3 is 0 Å². The van der Waals surface area contributed by atoms with Gasteiger partial charge in [0, 0.05) is 12.4 Å². The molecule has 8 heteroatoms. The highest BCUT2D eigenvalue weighted by atomic mass is 16.6. The van der Waals surface area contributed by atoms with Crippen molar-refractivity contribution in [3.8, 4) is 46.6 Å². The molecule has 0 aliphatic heterocycles. The van der Waals surface area contributed by atoms with Crippen molar-refractivity contribution < 1.29 is 18.9 Å². The molecule has 3 aromatic rings. The van der Waals surface area contributed by atoms with Gasteiger partial charge in [-0.1, -0.05) is 104 Å². The lowest BCUT2D eigenvalue weighted by Gasteiger charge is -2.22. The number of benzene rings is 1. The van der Waals surface area contributed by atoms with Crippen molar-refractivity contribution in [3.63, 3.8) is 0 Å². The SMILES string of the molecule is CCCCCCCCCCOc1c(C#N)c(C#N)c(OCCCCCCCCCC)c(Oc2cccnc2)c1Oc1cccnc1. The maximum atomic E-state index is 10.3. The second-order valence-electron chi connectivity index (χ2n) is 11.5. The third kappa shape index (κ3) is 12.2. The quantitative estimate of drug-likeness (QED) is 0.0903. The molecule has 246 valence electrons. The van der Waals surface area contributed by atoms with Gasteiger partial charge in [0.15, 0.2) is 11.5 Å². The third-order valence-corrected chi connectivity index (χ3v) is 7.74. The first kappa shape index (κ1) is 36.2. The molecule has 2 aromatic heterocycles. The summed E-state index contributed by atoms with van der Waals surface area (Å²) in [5, 5.41) is 20.7. The molecule has 0 saturated carbocycles. The van der Waals surface area contributed by atoms with Crippen LogP contribution in [0.15, 0.2) is 49.1 Å². The van der Waals surface area contributed by atoms with E-state index in [2.05, 4.69) is 36.0 Å². The van der Waals surface area contributed by atoms with Crippen LogP contribution in [0.2, 0.25) is 0 Å². The summed E-state index contributed by atoms with van der Waals surface area (Å²) in [6.45, 7) is 5.17. The first-order chi connectivity index (χ1) is 22.7. The molecular formula is C38H50N4O4. The number of ether oxygens (including phenoxy) is 4. The highest BCUT2D eigenvalue weighted by Crippen LogP contribution is 2.52. The van der Waals surface area contributed by atoms with Gasteiger partial charge in [0.1, 0.15) is 34.8 Å². The van der Waals surface area contributed by atoms with Crippen LogP contribution in [0, 0.1) is 22.7 Å². The number of hydrogen-bond acceptors (Lipinski definition) is 8. The Bertz CT molecular complexity index is 1250. The Balaban J connectivity index is 1.90. The number of aromatic nitrogens is 2. The van der Waals surface area contributed by atoms with E-state index in [1.807, 2.05) is 0 Å². The van der Waals surface area contributed by atoms with Crippen molar-refractivity contribution in [3.05, 3.63) is 60.2 Å². The van der Waals surface area contributed by atoms with Gasteiger partial charge in [-0.2, -0.15) is 10.5 Å². The Morgan fingerprint density at radius 3 is 1.22 bits per heavy atom. The van der Waals surface area contributed by atoms with Gasteiger partial charge in [-0.05, 0) is 37.1 Å². The molecule has 2 heterocycles. The fraction of sp³-hybridized carbons (Fsp3) is 0.526. The number of pyridine rings is 2. The molecule has 0 amide bonds. The van der Waals surface area contributed by atoms with Crippen LogP contribution in [0.3, 0.4) is 0 Å². The van der Waals surface area contributed by atoms with E-state index >= 15 is 0 Å². The largest absolute Gasteiger partial charge is 0.488 e. The molecule has 0 saturated heterocycles. The van der Waals surface area contributed by atoms with Crippen LogP contribution in [-0.4, -0.2) is 23.2 Å². The summed E-state index contributed by atoms with van der Waals surface area (Å²) in [5.41, 5.74) is 0.121. The Hall–Kier alpha value is -4.30. The van der Waals surface area contributed by atoms with E-state index in [9.17, 15) is 10.5 Å². The van der Waals surface area contributed by atoms with Crippen molar-refractivity contribution in [2.45, 2.75) is 117 Å². The number of rotatable bonds is 24. The summed E-state index contributed by atoms with van der Waals surface area (Å²) >= 11 is 0. The van der Waals surface area contributed by atoms with Gasteiger partial charge in [0.25, 0.3) is 0 Å². The second kappa shape index (κ2) is 22.2. The number of unbranched alkanes of at least 4 members (excludes halogenated alkanes) is 14. The van der Waals surface area contributed by atoms with Crippen LogP contribution in [0.25, 0.3) is 0 Å². The lowest BCUT2D eigenvalue weighted by Crippen LogP contribution is -2.08. The second-order valence-corrected chi connectivity index (χ2v) is 11.5. The van der Waals surface area contributed by atoms with Crippen molar-refractivity contribution in [1.29, 1.82) is 10.5 Å². The average molecular weight is 627 g/mol. The molecule has 0 N–H and O–H groups in total. The van der Waals surface area contributed by atoms with Gasteiger partial charge in [-0.15, -0.1) is 0 Å². The Kier molecular flexibility index (Phi) is 17.5. The summed E-state index contributed by atoms with van der Waals surface area (Å²) < 4.78 is 25.3. The Labute approximate surface area is 275 Å². The van der Waals surface area contributed by atoms with E-state index in [1.54, 1.807) is 49.1 Å². The van der Waals surface area contributed by atoms with Crippen LogP contribution >= 0.6 is 0 Å². The third-order valence-electron chi connectivity index (χ3n) is 7.74. The fourth-order valence-corrected chi connectivity index (χ4v) is 5.21. The zero-order valence-electron chi connectivity index (χ0n) is 27.8. The van der Waals surface area contributed by atoms with Gasteiger partial charge in [0.05, 0.1) is 25.6 Å². The lowest BCUT2D eigenvalue weighted by molar-refractivity contribution is 0.269. The van der Waals surface area contributed by atoms with E-state index in [4.69, 9.17) is 18.9 Å². The van der Waals surface area contributed by atoms with Crippen LogP contribution in [0.4, 0.5) is 0 Å². The number of hydrogen-bond donors (Lipinski definition) is 0. The minimum absolute atomic E-state index is 0.0606. The molecular weight excluding hydrogens is 576 g/mol. The normalized spacial score (nSPS) is 10.6. The van der Waals surface area contributed by atoms with Crippen molar-refractivity contribution >= 4 is 0 Å². The van der Waals surface area contributed by atoms with Crippen LogP contribution < -0.4 is 18.9 Å². The van der Waals surface area contributed by atoms with E-state index in [0.717, 1.165) is 38.5 Å². The Morgan fingerprint density at radius 1 is 0.522 bits per heavy atom. The zero-order chi connectivity index (χ0) is 32.7. The molecule has 0 aliphatic carbocycles. The molecule has 0 unspecified atom stereocenters. The lowest BCUT2D eigenvalue weighted by atomic mass is 10.0. The molecule has 46 heavy (non-hydrogen) atoms. The van der Waals surface area contributed by atoms with Crippen molar-refractivity contribution in [1.82, 2.24) is 9.97 Å². The molecule has 0 bridgehead atoms. The summed E-state index contributed by atoms with van der Waals surface area (Å²) in [7, 11) is 0. The van der Waals surface area contributed by atoms with Crippen LogP contribution in [0.5, 0.6) is 34.5 Å². The van der Waals surface area contributed by atoms with Crippen LogP contribution in [0.1, 0.15) is 128 Å². The van der Waals surface area contributed by atoms with Gasteiger partial charge in [0.2, 0.25) is 11.5 Å². The molecule has 0 aliphatic rings. The maximum Gasteiger partial charge on any atom is 0.217 e. The average Bonchev–Trinajstić information content (AvgIpc) is 3.09. The molecule has 0 radical (unpaired) electrons. The molecule has 0 fully saturated rings. The number of nitrogens with zero attached hydrogens (tertiary/aromatic N) is 4.